The van der Waals surface area contributed by atoms with Gasteiger partial charge in [-0.05, 0) is 77.8 Å². The molecule has 0 fully saturated rings. The minimum absolute atomic E-state index is 0. The first-order valence-electron chi connectivity index (χ1n) is 32.4. The Bertz CT molecular complexity index is 773. The van der Waals surface area contributed by atoms with Gasteiger partial charge in [0.2, 0.25) is 0 Å². The van der Waals surface area contributed by atoms with Crippen molar-refractivity contribution < 1.29 is 24.8 Å². The van der Waals surface area contributed by atoms with Crippen LogP contribution in [-0.4, -0.2) is 77.6 Å². The summed E-state index contributed by atoms with van der Waals surface area (Å²) in [5.41, 5.74) is 11.4. The van der Waals surface area contributed by atoms with E-state index in [0.717, 1.165) is 26.1 Å². The first-order valence-corrected chi connectivity index (χ1v) is 32.4. The highest BCUT2D eigenvalue weighted by Gasteiger charge is 2.05. The number of unbranched alkanes of at least 4 members (excludes halogenated alkanes) is 39. The molecular formula is C66H158N4O4. The summed E-state index contributed by atoms with van der Waals surface area (Å²) in [5.74, 6) is 0. The van der Waals surface area contributed by atoms with Gasteiger partial charge in [-0.3, -0.25) is 4.90 Å². The van der Waals surface area contributed by atoms with E-state index < -0.39 is 0 Å². The van der Waals surface area contributed by atoms with E-state index in [2.05, 4.69) is 78.7 Å². The second-order valence-corrected chi connectivity index (χ2v) is 21.1. The van der Waals surface area contributed by atoms with Crippen molar-refractivity contribution in [1.82, 2.24) is 9.80 Å². The quantitative estimate of drug-likeness (QED) is 0.0349. The van der Waals surface area contributed by atoms with Crippen molar-refractivity contribution in [3.63, 3.8) is 0 Å². The molecule has 0 atom stereocenters. The molecule has 466 valence electrons. The van der Waals surface area contributed by atoms with Gasteiger partial charge in [0.25, 0.3) is 0 Å². The van der Waals surface area contributed by atoms with Gasteiger partial charge >= 0.3 is 0 Å². The molecule has 8 heteroatoms. The van der Waals surface area contributed by atoms with Crippen LogP contribution in [0.2, 0.25) is 0 Å². The van der Waals surface area contributed by atoms with E-state index in [-0.39, 0.29) is 32.2 Å². The first kappa shape index (κ1) is 95.7. The third-order valence-electron chi connectivity index (χ3n) is 13.7. The molecule has 0 aliphatic carbocycles. The van der Waals surface area contributed by atoms with Gasteiger partial charge in [-0.15, -0.1) is 6.58 Å². The maximum absolute atomic E-state index is 5.80. The Balaban J connectivity index is -0.0000000687. The molecule has 8 nitrogen and oxygen atoms in total. The largest absolute Gasteiger partial charge is 0.412 e. The minimum atomic E-state index is 0. The number of hydrogen-bond acceptors (Lipinski definition) is 4. The van der Waals surface area contributed by atoms with Crippen molar-refractivity contribution in [2.45, 2.75) is 372 Å². The van der Waals surface area contributed by atoms with Crippen LogP contribution in [0.4, 0.5) is 0 Å². The molecule has 0 bridgehead atoms. The first-order chi connectivity index (χ1) is 33.9. The van der Waals surface area contributed by atoms with E-state index in [1.54, 1.807) is 0 Å². The normalized spacial score (nSPS) is 10.1. The van der Waals surface area contributed by atoms with Gasteiger partial charge in [-0.1, -0.05) is 339 Å². The van der Waals surface area contributed by atoms with Gasteiger partial charge in [0.15, 0.2) is 0 Å². The lowest BCUT2D eigenvalue weighted by atomic mass is 10.0. The summed E-state index contributed by atoms with van der Waals surface area (Å²) in [6, 6.07) is 0. The number of nitrogens with two attached hydrogens (primary N) is 2. The molecule has 0 aliphatic rings. The fourth-order valence-corrected chi connectivity index (χ4v) is 8.73. The van der Waals surface area contributed by atoms with Gasteiger partial charge in [0, 0.05) is 9.52 Å². The van der Waals surface area contributed by atoms with E-state index in [0.29, 0.717) is 0 Å². The Morgan fingerprint density at radius 3 is 0.595 bits per heavy atom. The summed E-state index contributed by atoms with van der Waals surface area (Å²) in [4.78, 5) is 5.07. The highest BCUT2D eigenvalue weighted by atomic mass is 16.0. The lowest BCUT2D eigenvalue weighted by Gasteiger charge is -2.22. The average molecular weight is 1070 g/mol. The molecule has 0 radical (unpaired) electrons. The van der Waals surface area contributed by atoms with Crippen molar-refractivity contribution in [3.8, 4) is 0 Å². The van der Waals surface area contributed by atoms with E-state index in [1.165, 1.54) is 322 Å². The fraction of sp³-hybridized carbons (Fsp3) is 0.970. The van der Waals surface area contributed by atoms with Crippen LogP contribution >= 0.6 is 0 Å². The smallest absolute Gasteiger partial charge is 0.0455 e. The standard InChI is InChI=1S/C17H38N2.C17H36.C16H36N2.C10H22.C5H10.CH4.4H2O.2H2/c1-3-5-7-9-11-15-19(17-13-14-18)16-12-10-8-6-4-2;1-3-5-7-9-11-13-15-17-16-14-12-10-8-6-4-2;1-3-5-7-9-11-13-15-18(16-17)14-12-10-8-6-4-2;1-3-5-7-9-10-8-6-4-2;1-3-5-4-2;;;;;;;/h3-18H2,1-2H3;3-17H2,1-2H3;3-17H2,1-2H3;3-10H2,1-2H3;3H,1,4-5H2,2H3;1H4;4*1H2;2*1H. The summed E-state index contributed by atoms with van der Waals surface area (Å²) >= 11 is 0. The van der Waals surface area contributed by atoms with Crippen LogP contribution in [0, 0.1) is 0 Å². The zero-order valence-corrected chi connectivity index (χ0v) is 52.5. The Kier molecular flexibility index (Phi) is 131. The zero-order valence-electron chi connectivity index (χ0n) is 52.5. The highest BCUT2D eigenvalue weighted by Crippen LogP contribution is 2.14. The molecular weight excluding hydrogens is 913 g/mol. The number of allylic oxidation sites excluding steroid dienone is 1. The molecule has 0 spiro atoms. The molecule has 0 aliphatic heterocycles. The topological polar surface area (TPSA) is 185 Å². The summed E-state index contributed by atoms with van der Waals surface area (Å²) in [6.45, 7) is 31.7. The SMILES string of the molecule is C.C=CCCC.CCCCCCCCCC.CCCCCCCCCCCCCCCCC.CCCCCCCCN(CN)CCCCCCC.CCCCCCCN(CCCN)CCCCCCC.O.O.O.O.[HH].[HH]. The molecule has 0 amide bonds. The van der Waals surface area contributed by atoms with Crippen LogP contribution in [0.5, 0.6) is 0 Å². The van der Waals surface area contributed by atoms with E-state index in [1.807, 2.05) is 6.08 Å². The predicted molar refractivity (Wildman–Crippen MR) is 350 cm³/mol. The van der Waals surface area contributed by atoms with Crippen LogP contribution < -0.4 is 11.5 Å². The minimum Gasteiger partial charge on any atom is -0.412 e. The second kappa shape index (κ2) is 101. The Hall–Kier alpha value is -0.580. The number of rotatable bonds is 52. The molecule has 0 saturated carbocycles. The van der Waals surface area contributed by atoms with Crippen molar-refractivity contribution in [3.05, 3.63) is 12.7 Å². The lowest BCUT2D eigenvalue weighted by molar-refractivity contribution is 0.258. The van der Waals surface area contributed by atoms with E-state index in [4.69, 9.17) is 11.5 Å². The lowest BCUT2D eigenvalue weighted by Crippen LogP contribution is -2.31. The van der Waals surface area contributed by atoms with Crippen LogP contribution in [-0.2, 0) is 0 Å². The van der Waals surface area contributed by atoms with Crippen LogP contribution in [0.25, 0.3) is 0 Å². The summed E-state index contributed by atoms with van der Waals surface area (Å²) in [7, 11) is 0. The van der Waals surface area contributed by atoms with E-state index >= 15 is 0 Å². The average Bonchev–Trinajstić information content (AvgIpc) is 3.36. The van der Waals surface area contributed by atoms with Crippen molar-refractivity contribution in [1.29, 1.82) is 0 Å². The summed E-state index contributed by atoms with van der Waals surface area (Å²) < 4.78 is 0. The van der Waals surface area contributed by atoms with Crippen molar-refractivity contribution in [2.24, 2.45) is 11.5 Å². The number of nitrogens with zero attached hydrogens (tertiary/aromatic N) is 2. The van der Waals surface area contributed by atoms with Crippen LogP contribution in [0.3, 0.4) is 0 Å². The molecule has 0 aromatic rings. The Morgan fingerprint density at radius 1 is 0.270 bits per heavy atom. The van der Waals surface area contributed by atoms with Gasteiger partial charge in [-0.25, -0.2) is 0 Å². The predicted octanol–water partition coefficient (Wildman–Crippen LogP) is 19.9. The van der Waals surface area contributed by atoms with Gasteiger partial charge in [0.1, 0.15) is 0 Å². The van der Waals surface area contributed by atoms with Crippen molar-refractivity contribution >= 4 is 0 Å². The Morgan fingerprint density at radius 2 is 0.446 bits per heavy atom. The number of hydrogen-bond donors (Lipinski definition) is 2. The molecule has 0 aromatic carbocycles. The molecule has 0 saturated heterocycles. The molecule has 0 unspecified atom stereocenters. The molecule has 12 N–H and O–H groups in total. The van der Waals surface area contributed by atoms with Crippen molar-refractivity contribution in [2.75, 3.05) is 45.9 Å². The maximum Gasteiger partial charge on any atom is 0.0455 e. The van der Waals surface area contributed by atoms with Gasteiger partial charge in [-0.2, -0.15) is 0 Å². The fourth-order valence-electron chi connectivity index (χ4n) is 8.73. The Labute approximate surface area is 474 Å². The maximum atomic E-state index is 5.80. The van der Waals surface area contributed by atoms with Gasteiger partial charge < -0.3 is 38.3 Å². The zero-order chi connectivity index (χ0) is 52.0. The van der Waals surface area contributed by atoms with Crippen LogP contribution in [0.15, 0.2) is 12.7 Å². The molecule has 0 rings (SSSR count). The molecule has 0 aromatic heterocycles. The summed E-state index contributed by atoms with van der Waals surface area (Å²) in [5, 5.41) is 0. The third kappa shape index (κ3) is 107. The van der Waals surface area contributed by atoms with E-state index in [9.17, 15) is 0 Å². The highest BCUT2D eigenvalue weighted by molar-refractivity contribution is 4.63. The van der Waals surface area contributed by atoms with Gasteiger partial charge in [0.05, 0.1) is 0 Å². The monoisotopic (exact) mass is 1070 g/mol. The third-order valence-corrected chi connectivity index (χ3v) is 13.7. The molecule has 74 heavy (non-hydrogen) atoms. The van der Waals surface area contributed by atoms with Crippen LogP contribution in [0.1, 0.15) is 374 Å². The summed E-state index contributed by atoms with van der Waals surface area (Å²) in [6.07, 6.45) is 67.8. The molecule has 0 heterocycles. The second-order valence-electron chi connectivity index (χ2n) is 21.1.